The van der Waals surface area contributed by atoms with Gasteiger partial charge in [-0.25, -0.2) is 0 Å². The topological polar surface area (TPSA) is 73.8 Å². The minimum atomic E-state index is -0.396. The van der Waals surface area contributed by atoms with Gasteiger partial charge in [-0.1, -0.05) is 41.6 Å². The van der Waals surface area contributed by atoms with Gasteiger partial charge < -0.3 is 5.73 Å². The predicted octanol–water partition coefficient (Wildman–Crippen LogP) is 2.36. The highest BCUT2D eigenvalue weighted by molar-refractivity contribution is 7.99. The van der Waals surface area contributed by atoms with Crippen molar-refractivity contribution in [2.75, 3.05) is 5.75 Å². The van der Waals surface area contributed by atoms with E-state index in [0.29, 0.717) is 22.5 Å². The van der Waals surface area contributed by atoms with Crippen molar-refractivity contribution in [3.8, 4) is 11.4 Å². The normalized spacial score (nSPS) is 10.4. The van der Waals surface area contributed by atoms with E-state index in [0.717, 1.165) is 5.56 Å². The highest BCUT2D eigenvalue weighted by atomic mass is 35.5. The zero-order chi connectivity index (χ0) is 14.5. The molecule has 5 nitrogen and oxygen atoms in total. The van der Waals surface area contributed by atoms with E-state index in [2.05, 4.69) is 16.8 Å². The number of hydrogen-bond donors (Lipinski definition) is 1. The van der Waals surface area contributed by atoms with Crippen molar-refractivity contribution >= 4 is 29.3 Å². The van der Waals surface area contributed by atoms with Crippen molar-refractivity contribution in [3.63, 3.8) is 0 Å². The molecule has 2 rings (SSSR count). The first-order valence-electron chi connectivity index (χ1n) is 5.83. The van der Waals surface area contributed by atoms with Crippen molar-refractivity contribution in [3.05, 3.63) is 41.9 Å². The molecular weight excluding hydrogens is 296 g/mol. The summed E-state index contributed by atoms with van der Waals surface area (Å²) in [5, 5.41) is 9.50. The number of primary amides is 1. The summed E-state index contributed by atoms with van der Waals surface area (Å²) in [6, 6.07) is 7.36. The Bertz CT molecular complexity index is 641. The number of carbonyl (C=O) groups is 1. The van der Waals surface area contributed by atoms with Crippen LogP contribution in [0.2, 0.25) is 5.02 Å². The van der Waals surface area contributed by atoms with Crippen LogP contribution in [-0.4, -0.2) is 26.4 Å². The van der Waals surface area contributed by atoms with E-state index in [4.69, 9.17) is 17.3 Å². The van der Waals surface area contributed by atoms with Crippen LogP contribution in [0.25, 0.3) is 11.4 Å². The Labute approximate surface area is 125 Å². The zero-order valence-corrected chi connectivity index (χ0v) is 12.2. The lowest BCUT2D eigenvalue weighted by atomic mass is 10.2. The molecule has 7 heteroatoms. The average Bonchev–Trinajstić information content (AvgIpc) is 2.80. The molecule has 20 heavy (non-hydrogen) atoms. The molecule has 2 N–H and O–H groups in total. The number of halogens is 1. The average molecular weight is 309 g/mol. The number of nitrogens with two attached hydrogens (primary N) is 1. The molecule has 0 bridgehead atoms. The molecule has 1 heterocycles. The molecule has 0 fully saturated rings. The van der Waals surface area contributed by atoms with Crippen LogP contribution in [0.5, 0.6) is 0 Å². The molecule has 0 unspecified atom stereocenters. The van der Waals surface area contributed by atoms with Gasteiger partial charge in [-0.15, -0.1) is 16.8 Å². The third-order valence-electron chi connectivity index (χ3n) is 2.45. The lowest BCUT2D eigenvalue weighted by molar-refractivity contribution is -0.115. The van der Waals surface area contributed by atoms with E-state index in [1.807, 2.05) is 22.8 Å². The molecular formula is C13H13ClN4OS. The lowest BCUT2D eigenvalue weighted by Crippen LogP contribution is -2.13. The summed E-state index contributed by atoms with van der Waals surface area (Å²) in [5.41, 5.74) is 6.01. The first kappa shape index (κ1) is 14.6. The molecule has 1 aromatic heterocycles. The second-order valence-electron chi connectivity index (χ2n) is 3.97. The number of amides is 1. The van der Waals surface area contributed by atoms with Crippen LogP contribution in [0.4, 0.5) is 0 Å². The molecule has 1 amide bonds. The van der Waals surface area contributed by atoms with Crippen LogP contribution in [0.15, 0.2) is 42.1 Å². The molecule has 0 saturated carbocycles. The summed E-state index contributed by atoms with van der Waals surface area (Å²) in [6.07, 6.45) is 1.74. The summed E-state index contributed by atoms with van der Waals surface area (Å²) in [5.74, 6) is 0.442. The monoisotopic (exact) mass is 308 g/mol. The fourth-order valence-corrected chi connectivity index (χ4v) is 2.54. The van der Waals surface area contributed by atoms with Crippen LogP contribution in [0.1, 0.15) is 0 Å². The van der Waals surface area contributed by atoms with E-state index < -0.39 is 5.91 Å². The SMILES string of the molecule is C=CCn1c(SCC(N)=O)nnc1-c1cccc(Cl)c1. The third kappa shape index (κ3) is 3.40. The van der Waals surface area contributed by atoms with Gasteiger partial charge in [0.25, 0.3) is 0 Å². The molecule has 0 aliphatic heterocycles. The predicted molar refractivity (Wildman–Crippen MR) is 80.6 cm³/mol. The summed E-state index contributed by atoms with van der Waals surface area (Å²) < 4.78 is 1.87. The van der Waals surface area contributed by atoms with Crippen LogP contribution in [0, 0.1) is 0 Å². The summed E-state index contributed by atoms with van der Waals surface area (Å²) >= 11 is 7.24. The molecule has 0 aliphatic carbocycles. The molecule has 0 saturated heterocycles. The first-order valence-corrected chi connectivity index (χ1v) is 7.19. The maximum absolute atomic E-state index is 10.9. The van der Waals surface area contributed by atoms with Crippen molar-refractivity contribution in [2.45, 2.75) is 11.7 Å². The van der Waals surface area contributed by atoms with Gasteiger partial charge in [-0.3, -0.25) is 9.36 Å². The van der Waals surface area contributed by atoms with Crippen molar-refractivity contribution in [1.82, 2.24) is 14.8 Å². The summed E-state index contributed by atoms with van der Waals surface area (Å²) in [4.78, 5) is 10.9. The number of carbonyl (C=O) groups excluding carboxylic acids is 1. The Kier molecular flexibility index (Phi) is 4.81. The maximum Gasteiger partial charge on any atom is 0.227 e. The number of benzene rings is 1. The second kappa shape index (κ2) is 6.58. The third-order valence-corrected chi connectivity index (χ3v) is 3.68. The van der Waals surface area contributed by atoms with Gasteiger partial charge in [-0.2, -0.15) is 0 Å². The minimum Gasteiger partial charge on any atom is -0.369 e. The summed E-state index contributed by atoms with van der Waals surface area (Å²) in [7, 11) is 0. The van der Waals surface area contributed by atoms with Crippen molar-refractivity contribution in [1.29, 1.82) is 0 Å². The molecule has 0 radical (unpaired) electrons. The molecule has 104 valence electrons. The van der Waals surface area contributed by atoms with Gasteiger partial charge >= 0.3 is 0 Å². The maximum atomic E-state index is 10.9. The zero-order valence-electron chi connectivity index (χ0n) is 10.6. The van der Waals surface area contributed by atoms with Crippen LogP contribution < -0.4 is 5.73 Å². The van der Waals surface area contributed by atoms with E-state index >= 15 is 0 Å². The van der Waals surface area contributed by atoms with Gasteiger partial charge in [0.2, 0.25) is 5.91 Å². The smallest absolute Gasteiger partial charge is 0.227 e. The number of aromatic nitrogens is 3. The number of rotatable bonds is 6. The Balaban J connectivity index is 2.38. The first-order chi connectivity index (χ1) is 9.61. The van der Waals surface area contributed by atoms with Crippen molar-refractivity contribution in [2.24, 2.45) is 5.73 Å². The van der Waals surface area contributed by atoms with Gasteiger partial charge in [0, 0.05) is 17.1 Å². The number of thioether (sulfide) groups is 1. The fourth-order valence-electron chi connectivity index (χ4n) is 1.67. The Morgan fingerprint density at radius 1 is 1.50 bits per heavy atom. The highest BCUT2D eigenvalue weighted by Crippen LogP contribution is 2.25. The van der Waals surface area contributed by atoms with Crippen LogP contribution in [-0.2, 0) is 11.3 Å². The van der Waals surface area contributed by atoms with Gasteiger partial charge in [0.15, 0.2) is 11.0 Å². The largest absolute Gasteiger partial charge is 0.369 e. The van der Waals surface area contributed by atoms with Crippen molar-refractivity contribution < 1.29 is 4.79 Å². The number of nitrogens with zero attached hydrogens (tertiary/aromatic N) is 3. The molecule has 1 aromatic carbocycles. The van der Waals surface area contributed by atoms with Crippen LogP contribution in [0.3, 0.4) is 0 Å². The van der Waals surface area contributed by atoms with E-state index in [1.54, 1.807) is 12.1 Å². The molecule has 2 aromatic rings. The number of hydrogen-bond acceptors (Lipinski definition) is 4. The molecule has 0 spiro atoms. The Hall–Kier alpha value is -1.79. The Morgan fingerprint density at radius 3 is 2.95 bits per heavy atom. The fraction of sp³-hybridized carbons (Fsp3) is 0.154. The standard InChI is InChI=1S/C13H13ClN4OS/c1-2-6-18-12(9-4-3-5-10(14)7-9)16-17-13(18)20-8-11(15)19/h2-5,7H,1,6,8H2,(H2,15,19). The molecule has 0 aliphatic rings. The lowest BCUT2D eigenvalue weighted by Gasteiger charge is -2.07. The van der Waals surface area contributed by atoms with E-state index in [9.17, 15) is 4.79 Å². The van der Waals surface area contributed by atoms with Crippen LogP contribution >= 0.6 is 23.4 Å². The van der Waals surface area contributed by atoms with Gasteiger partial charge in [0.1, 0.15) is 0 Å². The van der Waals surface area contributed by atoms with Gasteiger partial charge in [-0.05, 0) is 12.1 Å². The van der Waals surface area contributed by atoms with E-state index in [1.165, 1.54) is 11.8 Å². The molecule has 0 atom stereocenters. The van der Waals surface area contributed by atoms with Gasteiger partial charge in [0.05, 0.1) is 5.75 Å². The summed E-state index contributed by atoms with van der Waals surface area (Å²) in [6.45, 7) is 4.26. The number of allylic oxidation sites excluding steroid dienone is 1. The Morgan fingerprint density at radius 2 is 2.30 bits per heavy atom. The minimum absolute atomic E-state index is 0.158. The van der Waals surface area contributed by atoms with E-state index in [-0.39, 0.29) is 5.75 Å². The second-order valence-corrected chi connectivity index (χ2v) is 5.35. The quantitative estimate of drug-likeness (QED) is 0.656. The highest BCUT2D eigenvalue weighted by Gasteiger charge is 2.14.